The van der Waals surface area contributed by atoms with Crippen molar-refractivity contribution in [3.05, 3.63) is 29.8 Å². The molecule has 1 aromatic carbocycles. The predicted molar refractivity (Wildman–Crippen MR) is 81.5 cm³/mol. The fourth-order valence-corrected chi connectivity index (χ4v) is 2.51. The highest BCUT2D eigenvalue weighted by Crippen LogP contribution is 2.28. The van der Waals surface area contributed by atoms with Crippen molar-refractivity contribution in [2.45, 2.75) is 38.3 Å². The van der Waals surface area contributed by atoms with E-state index in [4.69, 9.17) is 15.2 Å². The lowest BCUT2D eigenvalue weighted by atomic mass is 9.95. The molecule has 0 aliphatic carbocycles. The zero-order valence-corrected chi connectivity index (χ0v) is 13.1. The summed E-state index contributed by atoms with van der Waals surface area (Å²) < 4.78 is 10.6. The predicted octanol–water partition coefficient (Wildman–Crippen LogP) is 2.36. The van der Waals surface area contributed by atoms with Crippen LogP contribution in [0, 0.1) is 0 Å². The third-order valence-corrected chi connectivity index (χ3v) is 3.56. The average molecular weight is 292 g/mol. The summed E-state index contributed by atoms with van der Waals surface area (Å²) in [7, 11) is 1.64. The van der Waals surface area contributed by atoms with Gasteiger partial charge in [-0.3, -0.25) is 0 Å². The molecule has 2 rings (SSSR count). The van der Waals surface area contributed by atoms with Crippen LogP contribution in [0.15, 0.2) is 24.3 Å². The van der Waals surface area contributed by atoms with Crippen molar-refractivity contribution < 1.29 is 14.3 Å². The molecular formula is C16H24N2O3. The largest absolute Gasteiger partial charge is 0.497 e. The topological polar surface area (TPSA) is 64.8 Å². The third kappa shape index (κ3) is 3.88. The second-order valence-corrected chi connectivity index (χ2v) is 6.43. The maximum absolute atomic E-state index is 12.1. The van der Waals surface area contributed by atoms with Crippen molar-refractivity contribution in [1.82, 2.24) is 4.90 Å². The van der Waals surface area contributed by atoms with E-state index in [2.05, 4.69) is 0 Å². The van der Waals surface area contributed by atoms with Gasteiger partial charge in [-0.25, -0.2) is 4.79 Å². The van der Waals surface area contributed by atoms with Gasteiger partial charge in [0.25, 0.3) is 0 Å². The van der Waals surface area contributed by atoms with Crippen LogP contribution < -0.4 is 10.5 Å². The Labute approximate surface area is 126 Å². The van der Waals surface area contributed by atoms with Gasteiger partial charge in [-0.1, -0.05) is 12.1 Å². The molecule has 1 saturated heterocycles. The van der Waals surface area contributed by atoms with Gasteiger partial charge in [0.1, 0.15) is 11.4 Å². The third-order valence-electron chi connectivity index (χ3n) is 3.56. The molecule has 0 saturated carbocycles. The number of carbonyl (C=O) groups is 1. The number of hydrogen-bond acceptors (Lipinski definition) is 4. The minimum Gasteiger partial charge on any atom is -0.497 e. The van der Waals surface area contributed by atoms with Crippen LogP contribution in [0.25, 0.3) is 0 Å². The Kier molecular flexibility index (Phi) is 4.42. The second kappa shape index (κ2) is 5.93. The summed E-state index contributed by atoms with van der Waals surface area (Å²) >= 11 is 0. The monoisotopic (exact) mass is 292 g/mol. The Morgan fingerprint density at radius 3 is 2.38 bits per heavy atom. The van der Waals surface area contributed by atoms with Crippen LogP contribution in [0.4, 0.5) is 4.79 Å². The van der Waals surface area contributed by atoms with Crippen LogP contribution in [0.1, 0.15) is 32.3 Å². The number of benzene rings is 1. The van der Waals surface area contributed by atoms with E-state index in [-0.39, 0.29) is 18.1 Å². The van der Waals surface area contributed by atoms with E-state index in [0.29, 0.717) is 13.1 Å². The molecule has 2 atom stereocenters. The van der Waals surface area contributed by atoms with Gasteiger partial charge in [0.15, 0.2) is 0 Å². The van der Waals surface area contributed by atoms with E-state index in [1.807, 2.05) is 45.0 Å². The van der Waals surface area contributed by atoms with Gasteiger partial charge in [-0.2, -0.15) is 0 Å². The molecule has 0 unspecified atom stereocenters. The molecule has 5 nitrogen and oxygen atoms in total. The second-order valence-electron chi connectivity index (χ2n) is 6.43. The molecular weight excluding hydrogens is 268 g/mol. The first-order valence-corrected chi connectivity index (χ1v) is 7.17. The van der Waals surface area contributed by atoms with E-state index in [9.17, 15) is 4.79 Å². The van der Waals surface area contributed by atoms with Gasteiger partial charge in [0.05, 0.1) is 7.11 Å². The summed E-state index contributed by atoms with van der Waals surface area (Å²) in [5.74, 6) is 0.942. The van der Waals surface area contributed by atoms with Gasteiger partial charge in [-0.15, -0.1) is 0 Å². The molecule has 1 heterocycles. The molecule has 1 aliphatic heterocycles. The first kappa shape index (κ1) is 15.6. The lowest BCUT2D eigenvalue weighted by molar-refractivity contribution is 0.0290. The minimum absolute atomic E-state index is 0.0779. The van der Waals surface area contributed by atoms with E-state index in [0.717, 1.165) is 11.3 Å². The van der Waals surface area contributed by atoms with Crippen LogP contribution in [-0.2, 0) is 4.74 Å². The Balaban J connectivity index is 2.05. The molecule has 5 heteroatoms. The van der Waals surface area contributed by atoms with Crippen LogP contribution in [-0.4, -0.2) is 42.8 Å². The molecule has 0 bridgehead atoms. The molecule has 0 spiro atoms. The number of rotatable bonds is 2. The van der Waals surface area contributed by atoms with Crippen LogP contribution >= 0.6 is 0 Å². The lowest BCUT2D eigenvalue weighted by Gasteiger charge is -2.24. The van der Waals surface area contributed by atoms with Crippen molar-refractivity contribution >= 4 is 6.09 Å². The molecule has 21 heavy (non-hydrogen) atoms. The van der Waals surface area contributed by atoms with Crippen molar-refractivity contribution in [2.75, 3.05) is 20.2 Å². The Bertz CT molecular complexity index is 493. The van der Waals surface area contributed by atoms with Gasteiger partial charge >= 0.3 is 6.09 Å². The van der Waals surface area contributed by atoms with E-state index < -0.39 is 5.60 Å². The molecule has 116 valence electrons. The smallest absolute Gasteiger partial charge is 0.410 e. The molecule has 2 N–H and O–H groups in total. The molecule has 0 aromatic heterocycles. The summed E-state index contributed by atoms with van der Waals surface area (Å²) in [4.78, 5) is 13.8. The van der Waals surface area contributed by atoms with Crippen molar-refractivity contribution in [1.29, 1.82) is 0 Å². The van der Waals surface area contributed by atoms with Crippen LogP contribution in [0.5, 0.6) is 5.75 Å². The van der Waals surface area contributed by atoms with Gasteiger partial charge in [0, 0.05) is 25.0 Å². The summed E-state index contributed by atoms with van der Waals surface area (Å²) in [6.45, 7) is 6.69. The number of likely N-dealkylation sites (tertiary alicyclic amines) is 1. The molecule has 1 aromatic rings. The maximum Gasteiger partial charge on any atom is 0.410 e. The first-order valence-electron chi connectivity index (χ1n) is 7.17. The summed E-state index contributed by atoms with van der Waals surface area (Å²) in [5.41, 5.74) is 6.83. The normalized spacial score (nSPS) is 22.2. The van der Waals surface area contributed by atoms with Crippen molar-refractivity contribution in [2.24, 2.45) is 5.73 Å². The summed E-state index contributed by atoms with van der Waals surface area (Å²) in [5, 5.41) is 0. The van der Waals surface area contributed by atoms with E-state index in [1.165, 1.54) is 0 Å². The molecule has 1 amide bonds. The zero-order chi connectivity index (χ0) is 15.6. The number of methoxy groups -OCH3 is 1. The molecule has 1 fully saturated rings. The summed E-state index contributed by atoms with van der Waals surface area (Å²) in [6, 6.07) is 7.76. The highest BCUT2D eigenvalue weighted by Gasteiger charge is 2.35. The van der Waals surface area contributed by atoms with Gasteiger partial charge in [-0.05, 0) is 38.5 Å². The Morgan fingerprint density at radius 2 is 1.86 bits per heavy atom. The standard InChI is InChI=1S/C16H24N2O3/c1-16(2,3)21-15(19)18-9-13(14(17)10-18)11-5-7-12(20-4)8-6-11/h5-8,13-14H,9-10,17H2,1-4H3/t13-,14+/m1/s1. The fourth-order valence-electron chi connectivity index (χ4n) is 2.51. The van der Waals surface area contributed by atoms with Crippen molar-refractivity contribution in [3.8, 4) is 5.75 Å². The van der Waals surface area contributed by atoms with Crippen LogP contribution in [0.2, 0.25) is 0 Å². The van der Waals surface area contributed by atoms with E-state index in [1.54, 1.807) is 12.0 Å². The number of amides is 1. The first-order chi connectivity index (χ1) is 9.80. The zero-order valence-electron chi connectivity index (χ0n) is 13.1. The average Bonchev–Trinajstić information content (AvgIpc) is 2.79. The fraction of sp³-hybridized carbons (Fsp3) is 0.562. The highest BCUT2D eigenvalue weighted by molar-refractivity contribution is 5.69. The lowest BCUT2D eigenvalue weighted by Crippen LogP contribution is -2.36. The Morgan fingerprint density at radius 1 is 1.24 bits per heavy atom. The SMILES string of the molecule is COc1ccc([C@H]2CN(C(=O)OC(C)(C)C)C[C@@H]2N)cc1. The number of carbonyl (C=O) groups excluding carboxylic acids is 1. The summed E-state index contributed by atoms with van der Waals surface area (Å²) in [6.07, 6.45) is -0.297. The van der Waals surface area contributed by atoms with Crippen molar-refractivity contribution in [3.63, 3.8) is 0 Å². The van der Waals surface area contributed by atoms with Gasteiger partial charge in [0.2, 0.25) is 0 Å². The number of hydrogen-bond donors (Lipinski definition) is 1. The number of ether oxygens (including phenoxy) is 2. The van der Waals surface area contributed by atoms with Gasteiger partial charge < -0.3 is 20.1 Å². The molecule has 1 aliphatic rings. The number of nitrogens with two attached hydrogens (primary N) is 1. The van der Waals surface area contributed by atoms with E-state index >= 15 is 0 Å². The minimum atomic E-state index is -0.487. The Hall–Kier alpha value is -1.75. The number of nitrogens with zero attached hydrogens (tertiary/aromatic N) is 1. The highest BCUT2D eigenvalue weighted by atomic mass is 16.6. The maximum atomic E-state index is 12.1. The van der Waals surface area contributed by atoms with Crippen LogP contribution in [0.3, 0.4) is 0 Å². The molecule has 0 radical (unpaired) electrons. The quantitative estimate of drug-likeness (QED) is 0.909.